The maximum Gasteiger partial charge on any atom is 0.270 e. The lowest BCUT2D eigenvalue weighted by atomic mass is 10.0. The van der Waals surface area contributed by atoms with Crippen molar-refractivity contribution in [2.24, 2.45) is 5.92 Å². The Morgan fingerprint density at radius 3 is 2.84 bits per heavy atom. The molecule has 1 saturated carbocycles. The zero-order chi connectivity index (χ0) is 13.6. The number of amides is 1. The molecule has 1 N–H and O–H groups in total. The van der Waals surface area contributed by atoms with E-state index in [1.165, 1.54) is 0 Å². The summed E-state index contributed by atoms with van der Waals surface area (Å²) in [6.07, 6.45) is 5.28. The number of aliphatic hydroxyl groups is 1. The van der Waals surface area contributed by atoms with Crippen LogP contribution in [0.2, 0.25) is 0 Å². The summed E-state index contributed by atoms with van der Waals surface area (Å²) in [4.78, 5) is 14.5. The molecule has 104 valence electrons. The van der Waals surface area contributed by atoms with Gasteiger partial charge in [0, 0.05) is 23.3 Å². The summed E-state index contributed by atoms with van der Waals surface area (Å²) in [6.45, 7) is 2.90. The summed E-state index contributed by atoms with van der Waals surface area (Å²) < 4.78 is 3.04. The van der Waals surface area contributed by atoms with Crippen molar-refractivity contribution in [2.45, 2.75) is 38.3 Å². The molecule has 2 aliphatic rings. The van der Waals surface area contributed by atoms with Gasteiger partial charge in [-0.3, -0.25) is 4.79 Å². The Morgan fingerprint density at radius 1 is 1.47 bits per heavy atom. The third-order valence-corrected chi connectivity index (χ3v) is 4.74. The van der Waals surface area contributed by atoms with Crippen molar-refractivity contribution in [3.8, 4) is 0 Å². The molecule has 1 aromatic heterocycles. The van der Waals surface area contributed by atoms with Gasteiger partial charge in [-0.2, -0.15) is 0 Å². The van der Waals surface area contributed by atoms with E-state index in [-0.39, 0.29) is 18.6 Å². The molecule has 2 fully saturated rings. The average molecular weight is 327 g/mol. The second kappa shape index (κ2) is 4.94. The van der Waals surface area contributed by atoms with E-state index in [4.69, 9.17) is 0 Å². The van der Waals surface area contributed by atoms with Gasteiger partial charge < -0.3 is 14.6 Å². The van der Waals surface area contributed by atoms with Crippen molar-refractivity contribution in [3.63, 3.8) is 0 Å². The first-order valence-corrected chi connectivity index (χ1v) is 7.70. The van der Waals surface area contributed by atoms with Crippen molar-refractivity contribution in [2.75, 3.05) is 13.2 Å². The predicted octanol–water partition coefficient (Wildman–Crippen LogP) is 2.43. The molecular weight excluding hydrogens is 308 g/mol. The molecule has 2 unspecified atom stereocenters. The summed E-state index contributed by atoms with van der Waals surface area (Å²) in [7, 11) is 0. The molecule has 4 nitrogen and oxygen atoms in total. The molecule has 1 amide bonds. The Morgan fingerprint density at radius 2 is 2.21 bits per heavy atom. The van der Waals surface area contributed by atoms with Crippen LogP contribution in [0.3, 0.4) is 0 Å². The number of rotatable bonds is 3. The molecule has 1 aliphatic carbocycles. The molecule has 0 radical (unpaired) electrons. The first-order chi connectivity index (χ1) is 9.11. The highest BCUT2D eigenvalue weighted by atomic mass is 79.9. The van der Waals surface area contributed by atoms with E-state index in [9.17, 15) is 9.90 Å². The minimum absolute atomic E-state index is 0.0335. The van der Waals surface area contributed by atoms with Gasteiger partial charge in [-0.15, -0.1) is 0 Å². The molecule has 5 heteroatoms. The Balaban J connectivity index is 1.87. The third-order valence-electron chi connectivity index (χ3n) is 4.31. The van der Waals surface area contributed by atoms with Crippen LogP contribution in [0.1, 0.15) is 42.7 Å². The summed E-state index contributed by atoms with van der Waals surface area (Å²) in [5.41, 5.74) is 0.752. The van der Waals surface area contributed by atoms with Gasteiger partial charge in [0.25, 0.3) is 5.91 Å². The maximum absolute atomic E-state index is 12.7. The van der Waals surface area contributed by atoms with E-state index in [1.807, 2.05) is 17.2 Å². The number of hydrogen-bond acceptors (Lipinski definition) is 2. The van der Waals surface area contributed by atoms with Crippen LogP contribution in [0.25, 0.3) is 0 Å². The summed E-state index contributed by atoms with van der Waals surface area (Å²) in [5, 5.41) is 9.49. The van der Waals surface area contributed by atoms with Crippen LogP contribution in [-0.2, 0) is 0 Å². The molecule has 1 aliphatic heterocycles. The van der Waals surface area contributed by atoms with E-state index in [0.717, 1.165) is 36.0 Å². The van der Waals surface area contributed by atoms with Gasteiger partial charge in [0.2, 0.25) is 0 Å². The topological polar surface area (TPSA) is 45.5 Å². The van der Waals surface area contributed by atoms with Crippen molar-refractivity contribution in [3.05, 3.63) is 22.4 Å². The highest BCUT2D eigenvalue weighted by Gasteiger charge is 2.37. The number of halogens is 1. The lowest BCUT2D eigenvalue weighted by molar-refractivity contribution is 0.0637. The first kappa shape index (κ1) is 13.2. The van der Waals surface area contributed by atoms with Gasteiger partial charge >= 0.3 is 0 Å². The number of aromatic nitrogens is 1. The number of hydrogen-bond donors (Lipinski definition) is 1. The molecule has 19 heavy (non-hydrogen) atoms. The molecule has 0 aromatic carbocycles. The highest BCUT2D eigenvalue weighted by molar-refractivity contribution is 9.10. The smallest absolute Gasteiger partial charge is 0.270 e. The average Bonchev–Trinajstić information content (AvgIpc) is 3.06. The van der Waals surface area contributed by atoms with Gasteiger partial charge in [-0.05, 0) is 47.2 Å². The number of likely N-dealkylation sites (tertiary alicyclic amines) is 1. The van der Waals surface area contributed by atoms with E-state index >= 15 is 0 Å². The van der Waals surface area contributed by atoms with Crippen molar-refractivity contribution >= 4 is 21.8 Å². The fraction of sp³-hybridized carbons (Fsp3) is 0.643. The summed E-state index contributed by atoms with van der Waals surface area (Å²) in [6, 6.07) is 2.35. The molecule has 0 spiro atoms. The van der Waals surface area contributed by atoms with Crippen LogP contribution in [0.5, 0.6) is 0 Å². The molecule has 0 bridgehead atoms. The van der Waals surface area contributed by atoms with Gasteiger partial charge in [0.1, 0.15) is 5.69 Å². The van der Waals surface area contributed by atoms with E-state index in [1.54, 1.807) is 0 Å². The first-order valence-electron chi connectivity index (χ1n) is 6.91. The second-order valence-corrected chi connectivity index (χ2v) is 6.61. The van der Waals surface area contributed by atoms with Crippen LogP contribution < -0.4 is 0 Å². The molecule has 1 aromatic rings. The lowest BCUT2D eigenvalue weighted by Crippen LogP contribution is -2.40. The monoisotopic (exact) mass is 326 g/mol. The number of nitrogens with zero attached hydrogens (tertiary/aromatic N) is 2. The second-order valence-electron chi connectivity index (χ2n) is 5.70. The molecule has 3 rings (SSSR count). The lowest BCUT2D eigenvalue weighted by Gasteiger charge is -2.25. The standard InChI is InChI=1S/C14H19BrN2O2/c1-9-4-5-16(13(9)8-18)14(19)12-6-10(15)7-17(12)11-2-3-11/h6-7,9,11,13,18H,2-5,8H2,1H3. The number of carbonyl (C=O) groups excluding carboxylic acids is 1. The molecule has 2 heterocycles. The van der Waals surface area contributed by atoms with Crippen LogP contribution in [0, 0.1) is 5.92 Å². The van der Waals surface area contributed by atoms with Crippen molar-refractivity contribution in [1.82, 2.24) is 9.47 Å². The van der Waals surface area contributed by atoms with Gasteiger partial charge in [0.05, 0.1) is 12.6 Å². The van der Waals surface area contributed by atoms with E-state index < -0.39 is 0 Å². The molecule has 1 saturated heterocycles. The summed E-state index contributed by atoms with van der Waals surface area (Å²) in [5.74, 6) is 0.433. The Hall–Kier alpha value is -0.810. The predicted molar refractivity (Wildman–Crippen MR) is 76.1 cm³/mol. The van der Waals surface area contributed by atoms with Crippen LogP contribution in [0.15, 0.2) is 16.7 Å². The fourth-order valence-corrected chi connectivity index (χ4v) is 3.40. The van der Waals surface area contributed by atoms with Crippen LogP contribution >= 0.6 is 15.9 Å². The van der Waals surface area contributed by atoms with Gasteiger partial charge in [0.15, 0.2) is 0 Å². The van der Waals surface area contributed by atoms with Crippen LogP contribution in [-0.4, -0.2) is 39.7 Å². The van der Waals surface area contributed by atoms with E-state index in [0.29, 0.717) is 12.0 Å². The minimum Gasteiger partial charge on any atom is -0.394 e. The maximum atomic E-state index is 12.7. The van der Waals surface area contributed by atoms with Crippen LogP contribution in [0.4, 0.5) is 0 Å². The molecule has 2 atom stereocenters. The number of aliphatic hydroxyl groups excluding tert-OH is 1. The van der Waals surface area contributed by atoms with Crippen molar-refractivity contribution < 1.29 is 9.90 Å². The highest BCUT2D eigenvalue weighted by Crippen LogP contribution is 2.38. The Bertz CT molecular complexity index is 496. The minimum atomic E-state index is -0.0335. The Labute approximate surface area is 121 Å². The van der Waals surface area contributed by atoms with Crippen molar-refractivity contribution in [1.29, 1.82) is 0 Å². The fourth-order valence-electron chi connectivity index (χ4n) is 2.96. The zero-order valence-electron chi connectivity index (χ0n) is 11.1. The number of carbonyl (C=O) groups is 1. The van der Waals surface area contributed by atoms with E-state index in [2.05, 4.69) is 27.4 Å². The van der Waals surface area contributed by atoms with Gasteiger partial charge in [-0.1, -0.05) is 6.92 Å². The van der Waals surface area contributed by atoms with Gasteiger partial charge in [-0.25, -0.2) is 0 Å². The Kier molecular flexibility index (Phi) is 3.43. The third kappa shape index (κ3) is 2.34. The normalized spacial score (nSPS) is 27.0. The largest absolute Gasteiger partial charge is 0.394 e. The summed E-state index contributed by atoms with van der Waals surface area (Å²) >= 11 is 3.46. The SMILES string of the molecule is CC1CCN(C(=O)c2cc(Br)cn2C2CC2)C1CO. The quantitative estimate of drug-likeness (QED) is 0.927. The zero-order valence-corrected chi connectivity index (χ0v) is 12.6. The molecular formula is C14H19BrN2O2.